The SMILES string of the molecule is Cc1nn(-c2ccccc2)c(C)c1C(=O)OC(C)C(=O)N(C(C)C)C(C)C. The van der Waals surface area contributed by atoms with E-state index in [0.29, 0.717) is 17.0 Å². The summed E-state index contributed by atoms with van der Waals surface area (Å²) in [7, 11) is 0. The molecule has 0 spiro atoms. The van der Waals surface area contributed by atoms with Crippen LogP contribution >= 0.6 is 0 Å². The summed E-state index contributed by atoms with van der Waals surface area (Å²) in [4.78, 5) is 27.2. The molecule has 0 aliphatic rings. The van der Waals surface area contributed by atoms with Gasteiger partial charge in [0.2, 0.25) is 0 Å². The number of nitrogens with zero attached hydrogens (tertiary/aromatic N) is 3. The highest BCUT2D eigenvalue weighted by Gasteiger charge is 2.29. The second kappa shape index (κ2) is 8.37. The zero-order chi connectivity index (χ0) is 20.3. The van der Waals surface area contributed by atoms with Crippen LogP contribution in [0.5, 0.6) is 0 Å². The molecule has 146 valence electrons. The number of amides is 1. The zero-order valence-corrected chi connectivity index (χ0v) is 17.2. The number of hydrogen-bond donors (Lipinski definition) is 0. The molecule has 0 fully saturated rings. The van der Waals surface area contributed by atoms with Gasteiger partial charge in [-0.3, -0.25) is 4.79 Å². The lowest BCUT2D eigenvalue weighted by Gasteiger charge is -2.32. The molecule has 1 aromatic heterocycles. The minimum absolute atomic E-state index is 0.0305. The molecule has 1 unspecified atom stereocenters. The molecule has 6 heteroatoms. The highest BCUT2D eigenvalue weighted by atomic mass is 16.5. The summed E-state index contributed by atoms with van der Waals surface area (Å²) in [6.07, 6.45) is -0.860. The van der Waals surface area contributed by atoms with Crippen LogP contribution in [0.1, 0.15) is 56.4 Å². The van der Waals surface area contributed by atoms with Crippen molar-refractivity contribution in [1.82, 2.24) is 14.7 Å². The van der Waals surface area contributed by atoms with Crippen LogP contribution in [0.2, 0.25) is 0 Å². The lowest BCUT2D eigenvalue weighted by Crippen LogP contribution is -2.47. The van der Waals surface area contributed by atoms with Crippen LogP contribution in [0.15, 0.2) is 30.3 Å². The first-order valence-corrected chi connectivity index (χ1v) is 9.30. The van der Waals surface area contributed by atoms with Gasteiger partial charge < -0.3 is 9.64 Å². The predicted molar refractivity (Wildman–Crippen MR) is 105 cm³/mol. The van der Waals surface area contributed by atoms with Crippen LogP contribution in [0.4, 0.5) is 0 Å². The third-order valence-electron chi connectivity index (χ3n) is 4.49. The monoisotopic (exact) mass is 371 g/mol. The van der Waals surface area contributed by atoms with E-state index in [1.165, 1.54) is 0 Å². The molecular weight excluding hydrogens is 342 g/mol. The number of ether oxygens (including phenoxy) is 1. The van der Waals surface area contributed by atoms with Crippen molar-refractivity contribution in [3.8, 4) is 5.69 Å². The molecule has 1 atom stereocenters. The molecule has 0 aliphatic carbocycles. The number of rotatable bonds is 6. The fourth-order valence-electron chi connectivity index (χ4n) is 3.34. The summed E-state index contributed by atoms with van der Waals surface area (Å²) < 4.78 is 7.22. The molecule has 27 heavy (non-hydrogen) atoms. The topological polar surface area (TPSA) is 64.4 Å². The summed E-state index contributed by atoms with van der Waals surface area (Å²) >= 11 is 0. The van der Waals surface area contributed by atoms with E-state index in [0.717, 1.165) is 5.69 Å². The average Bonchev–Trinajstić information content (AvgIpc) is 2.89. The van der Waals surface area contributed by atoms with E-state index in [4.69, 9.17) is 4.74 Å². The second-order valence-electron chi connectivity index (χ2n) is 7.27. The summed E-state index contributed by atoms with van der Waals surface area (Å²) in [5, 5.41) is 4.47. The molecule has 1 aromatic carbocycles. The number of hydrogen-bond acceptors (Lipinski definition) is 4. The van der Waals surface area contributed by atoms with Crippen molar-refractivity contribution in [2.45, 2.75) is 66.7 Å². The Hall–Kier alpha value is -2.63. The standard InChI is InChI=1S/C21H29N3O3/c1-13(2)23(14(3)4)20(25)17(7)27-21(26)19-15(5)22-24(16(19)6)18-11-9-8-10-12-18/h8-14,17H,1-7H3. The molecule has 0 saturated carbocycles. The lowest BCUT2D eigenvalue weighted by molar-refractivity contribution is -0.143. The Balaban J connectivity index is 2.24. The van der Waals surface area contributed by atoms with E-state index < -0.39 is 12.1 Å². The van der Waals surface area contributed by atoms with E-state index in [9.17, 15) is 9.59 Å². The Labute approximate surface area is 161 Å². The lowest BCUT2D eigenvalue weighted by atomic mass is 10.2. The van der Waals surface area contributed by atoms with Crippen molar-refractivity contribution in [1.29, 1.82) is 0 Å². The van der Waals surface area contributed by atoms with Gasteiger partial charge in [0.1, 0.15) is 5.56 Å². The van der Waals surface area contributed by atoms with Crippen molar-refractivity contribution >= 4 is 11.9 Å². The van der Waals surface area contributed by atoms with Gasteiger partial charge in [-0.1, -0.05) is 18.2 Å². The summed E-state index contributed by atoms with van der Waals surface area (Å²) in [6, 6.07) is 9.65. The van der Waals surface area contributed by atoms with E-state index in [-0.39, 0.29) is 18.0 Å². The second-order valence-corrected chi connectivity index (χ2v) is 7.27. The van der Waals surface area contributed by atoms with Gasteiger partial charge in [0.25, 0.3) is 5.91 Å². The maximum absolute atomic E-state index is 12.8. The highest BCUT2D eigenvalue weighted by Crippen LogP contribution is 2.20. The number of carbonyl (C=O) groups excluding carboxylic acids is 2. The number of carbonyl (C=O) groups is 2. The van der Waals surface area contributed by atoms with Gasteiger partial charge in [0.05, 0.1) is 17.1 Å². The van der Waals surface area contributed by atoms with Gasteiger partial charge in [0.15, 0.2) is 6.10 Å². The molecule has 0 saturated heterocycles. The van der Waals surface area contributed by atoms with Crippen molar-refractivity contribution in [2.24, 2.45) is 0 Å². The van der Waals surface area contributed by atoms with E-state index in [2.05, 4.69) is 5.10 Å². The van der Waals surface area contributed by atoms with E-state index in [1.807, 2.05) is 65.0 Å². The van der Waals surface area contributed by atoms with Gasteiger partial charge >= 0.3 is 5.97 Å². The normalized spacial score (nSPS) is 12.3. The minimum Gasteiger partial charge on any atom is -0.449 e. The maximum atomic E-state index is 12.8. The third kappa shape index (κ3) is 4.38. The van der Waals surface area contributed by atoms with Gasteiger partial charge in [0, 0.05) is 12.1 Å². The smallest absolute Gasteiger partial charge is 0.342 e. The Morgan fingerprint density at radius 3 is 2.07 bits per heavy atom. The van der Waals surface area contributed by atoms with Crippen LogP contribution < -0.4 is 0 Å². The first-order valence-electron chi connectivity index (χ1n) is 9.30. The Morgan fingerprint density at radius 2 is 1.56 bits per heavy atom. The van der Waals surface area contributed by atoms with Crippen molar-refractivity contribution in [3.05, 3.63) is 47.3 Å². The van der Waals surface area contributed by atoms with Gasteiger partial charge in [-0.05, 0) is 60.6 Å². The highest BCUT2D eigenvalue weighted by molar-refractivity contribution is 5.94. The van der Waals surface area contributed by atoms with Crippen LogP contribution in [-0.4, -0.2) is 44.7 Å². The average molecular weight is 371 g/mol. The fourth-order valence-corrected chi connectivity index (χ4v) is 3.34. The molecule has 2 aromatic rings. The molecule has 6 nitrogen and oxygen atoms in total. The minimum atomic E-state index is -0.860. The number of benzene rings is 1. The van der Waals surface area contributed by atoms with Gasteiger partial charge in [-0.2, -0.15) is 5.10 Å². The third-order valence-corrected chi connectivity index (χ3v) is 4.49. The summed E-state index contributed by atoms with van der Waals surface area (Å²) in [5.74, 6) is -0.723. The summed E-state index contributed by atoms with van der Waals surface area (Å²) in [5.41, 5.74) is 2.53. The Kier molecular flexibility index (Phi) is 6.41. The molecule has 0 bridgehead atoms. The first kappa shape index (κ1) is 20.7. The van der Waals surface area contributed by atoms with E-state index >= 15 is 0 Å². The molecule has 0 aliphatic heterocycles. The molecule has 1 amide bonds. The molecule has 1 heterocycles. The fraction of sp³-hybridized carbons (Fsp3) is 0.476. The van der Waals surface area contributed by atoms with Gasteiger partial charge in [-0.25, -0.2) is 9.48 Å². The number of aromatic nitrogens is 2. The van der Waals surface area contributed by atoms with Crippen LogP contribution in [-0.2, 0) is 9.53 Å². The number of aryl methyl sites for hydroxylation is 1. The number of esters is 1. The van der Waals surface area contributed by atoms with Crippen LogP contribution in [0, 0.1) is 13.8 Å². The molecule has 0 radical (unpaired) electrons. The van der Waals surface area contributed by atoms with Crippen molar-refractivity contribution in [3.63, 3.8) is 0 Å². The Morgan fingerprint density at radius 1 is 1.00 bits per heavy atom. The molecule has 0 N–H and O–H groups in total. The zero-order valence-electron chi connectivity index (χ0n) is 17.2. The molecule has 2 rings (SSSR count). The van der Waals surface area contributed by atoms with Crippen molar-refractivity contribution < 1.29 is 14.3 Å². The molecular formula is C21H29N3O3. The maximum Gasteiger partial charge on any atom is 0.342 e. The summed E-state index contributed by atoms with van der Waals surface area (Å²) in [6.45, 7) is 13.0. The predicted octanol–water partition coefficient (Wildman–Crippen LogP) is 3.68. The van der Waals surface area contributed by atoms with Crippen LogP contribution in [0.25, 0.3) is 5.69 Å². The van der Waals surface area contributed by atoms with Crippen LogP contribution in [0.3, 0.4) is 0 Å². The first-order chi connectivity index (χ1) is 12.6. The van der Waals surface area contributed by atoms with Gasteiger partial charge in [-0.15, -0.1) is 0 Å². The van der Waals surface area contributed by atoms with Crippen molar-refractivity contribution in [2.75, 3.05) is 0 Å². The van der Waals surface area contributed by atoms with E-state index in [1.54, 1.807) is 23.4 Å². The Bertz CT molecular complexity index is 802. The number of para-hydroxylation sites is 1. The largest absolute Gasteiger partial charge is 0.449 e. The quantitative estimate of drug-likeness (QED) is 0.727.